The van der Waals surface area contributed by atoms with Gasteiger partial charge in [-0.25, -0.2) is 13.2 Å². The first-order chi connectivity index (χ1) is 17.0. The van der Waals surface area contributed by atoms with Gasteiger partial charge in [-0.2, -0.15) is 4.72 Å². The Morgan fingerprint density at radius 2 is 2.08 bits per heavy atom. The molecule has 0 aliphatic carbocycles. The summed E-state index contributed by atoms with van der Waals surface area (Å²) in [6.07, 6.45) is 3.18. The molecular weight excluding hydrogens is 484 g/mol. The molecule has 12 heteroatoms. The van der Waals surface area contributed by atoms with Gasteiger partial charge in [0.1, 0.15) is 17.0 Å². The number of guanidine groups is 1. The summed E-state index contributed by atoms with van der Waals surface area (Å²) in [5.74, 6) is -1.17. The lowest BCUT2D eigenvalue weighted by molar-refractivity contribution is -0.153. The number of fused-ring (bicyclic) bond motifs is 1. The molecule has 3 unspecified atom stereocenters. The number of hydrogen-bond donors (Lipinski definition) is 5. The molecule has 36 heavy (non-hydrogen) atoms. The van der Waals surface area contributed by atoms with Crippen molar-refractivity contribution < 1.29 is 23.1 Å². The molecule has 2 heterocycles. The van der Waals surface area contributed by atoms with Gasteiger partial charge in [0.25, 0.3) is 0 Å². The number of amides is 1. The Bertz CT molecular complexity index is 1090. The summed E-state index contributed by atoms with van der Waals surface area (Å²) in [6.45, 7) is 5.19. The minimum absolute atomic E-state index is 0.0821. The number of likely N-dealkylation sites (tertiary alicyclic amines) is 1. The van der Waals surface area contributed by atoms with Crippen molar-refractivity contribution in [3.05, 3.63) is 23.8 Å². The lowest BCUT2D eigenvalue weighted by Crippen LogP contribution is -2.56. The van der Waals surface area contributed by atoms with E-state index in [1.807, 2.05) is 13.0 Å². The first kappa shape index (κ1) is 27.7. The summed E-state index contributed by atoms with van der Waals surface area (Å²) < 4.78 is 29.7. The summed E-state index contributed by atoms with van der Waals surface area (Å²) in [6, 6.07) is 2.98. The van der Waals surface area contributed by atoms with E-state index < -0.39 is 34.0 Å². The zero-order chi connectivity index (χ0) is 26.5. The molecule has 0 radical (unpaired) electrons. The fourth-order valence-electron chi connectivity index (χ4n) is 4.92. The third-order valence-electron chi connectivity index (χ3n) is 7.03. The van der Waals surface area contributed by atoms with E-state index in [-0.39, 0.29) is 36.3 Å². The molecule has 1 amide bonds. The molecule has 7 N–H and O–H groups in total. The number of benzene rings is 1. The number of carbonyl (C=O) groups excluding carboxylic acids is 1. The van der Waals surface area contributed by atoms with Crippen molar-refractivity contribution in [2.45, 2.75) is 69.4 Å². The van der Waals surface area contributed by atoms with E-state index in [9.17, 15) is 23.1 Å². The van der Waals surface area contributed by atoms with Crippen molar-refractivity contribution in [3.63, 3.8) is 0 Å². The van der Waals surface area contributed by atoms with Gasteiger partial charge < -0.3 is 26.8 Å². The second kappa shape index (κ2) is 11.9. The minimum atomic E-state index is -4.10. The highest BCUT2D eigenvalue weighted by Gasteiger charge is 2.39. The average Bonchev–Trinajstić information content (AvgIpc) is 2.84. The molecular formula is C24H38N6O5S. The lowest BCUT2D eigenvalue weighted by atomic mass is 9.91. The molecule has 3 rings (SSSR count). The molecule has 200 valence electrons. The van der Waals surface area contributed by atoms with Crippen molar-refractivity contribution in [2.24, 2.45) is 28.3 Å². The number of nitrogens with one attached hydrogen (secondary N) is 2. The number of sulfonamides is 1. The smallest absolute Gasteiger partial charge is 0.326 e. The maximum atomic E-state index is 13.6. The van der Waals surface area contributed by atoms with Crippen LogP contribution in [0.2, 0.25) is 0 Å². The van der Waals surface area contributed by atoms with Crippen molar-refractivity contribution >= 4 is 33.5 Å². The Kier molecular flexibility index (Phi) is 9.18. The predicted molar refractivity (Wildman–Crippen MR) is 138 cm³/mol. The summed E-state index contributed by atoms with van der Waals surface area (Å²) in [7, 11) is -4.10. The summed E-state index contributed by atoms with van der Waals surface area (Å²) in [5, 5.41) is 13.0. The molecule has 1 saturated heterocycles. The maximum Gasteiger partial charge on any atom is 0.326 e. The molecule has 0 aromatic heterocycles. The maximum absolute atomic E-state index is 13.6. The first-order valence-corrected chi connectivity index (χ1v) is 14.0. The molecule has 1 aromatic carbocycles. The van der Waals surface area contributed by atoms with Gasteiger partial charge in [-0.15, -0.1) is 0 Å². The zero-order valence-electron chi connectivity index (χ0n) is 20.9. The number of aliphatic imine (C=N–C) groups is 1. The average molecular weight is 523 g/mol. The number of nitrogens with zero attached hydrogens (tertiary/aromatic N) is 2. The second-order valence-electron chi connectivity index (χ2n) is 9.79. The van der Waals surface area contributed by atoms with E-state index in [4.69, 9.17) is 11.5 Å². The number of piperidine rings is 1. The minimum Gasteiger partial charge on any atom is -0.480 e. The Labute approximate surface area is 212 Å². The Hall–Kier alpha value is -2.86. The lowest BCUT2D eigenvalue weighted by Gasteiger charge is -2.38. The van der Waals surface area contributed by atoms with Crippen LogP contribution in [0, 0.1) is 11.8 Å². The standard InChI is InChI=1S/C24H38N6O5S/c1-3-16-13-17-6-4-8-20(21(17)28-14-16)36(34,35)29-18(7-5-10-27-24(25)26)22(31)30-11-9-15(2)12-19(30)23(32)33/h4,6,8,15-16,18-19,28-29H,3,5,7,9-14H2,1-2H3,(H,32,33)(H4,25,26,27)/t15?,16?,18-,19?/m0/s1. The third kappa shape index (κ3) is 6.67. The molecule has 0 spiro atoms. The second-order valence-corrected chi connectivity index (χ2v) is 11.5. The van der Waals surface area contributed by atoms with Gasteiger partial charge >= 0.3 is 5.97 Å². The molecule has 0 bridgehead atoms. The van der Waals surface area contributed by atoms with Gasteiger partial charge in [0, 0.05) is 19.6 Å². The van der Waals surface area contributed by atoms with Crippen LogP contribution in [0.25, 0.3) is 0 Å². The highest BCUT2D eigenvalue weighted by molar-refractivity contribution is 7.89. The number of aliphatic carboxylic acids is 1. The van der Waals surface area contributed by atoms with Crippen molar-refractivity contribution in [1.82, 2.24) is 9.62 Å². The zero-order valence-corrected chi connectivity index (χ0v) is 21.8. The highest BCUT2D eigenvalue weighted by atomic mass is 32.2. The van der Waals surface area contributed by atoms with E-state index in [0.29, 0.717) is 37.4 Å². The normalized spacial score (nSPS) is 22.7. The van der Waals surface area contributed by atoms with Crippen LogP contribution in [0.15, 0.2) is 28.1 Å². The molecule has 4 atom stereocenters. The number of carboxylic acid groups (broad SMARTS) is 1. The van der Waals surface area contributed by atoms with E-state index in [2.05, 4.69) is 22.0 Å². The van der Waals surface area contributed by atoms with Crippen molar-refractivity contribution in [2.75, 3.05) is 25.0 Å². The SMILES string of the molecule is CCC1CNc2c(cccc2S(=O)(=O)N[C@@H](CCCN=C(N)N)C(=O)N2CCC(C)CC2C(=O)O)C1. The van der Waals surface area contributed by atoms with Gasteiger partial charge in [-0.1, -0.05) is 32.4 Å². The molecule has 0 saturated carbocycles. The van der Waals surface area contributed by atoms with Crippen LogP contribution in [0.1, 0.15) is 51.5 Å². The van der Waals surface area contributed by atoms with Crippen LogP contribution in [0.5, 0.6) is 0 Å². The Morgan fingerprint density at radius 3 is 2.75 bits per heavy atom. The molecule has 2 aliphatic rings. The number of rotatable bonds is 10. The fraction of sp³-hybridized carbons (Fsp3) is 0.625. The number of para-hydroxylation sites is 1. The molecule has 1 aromatic rings. The van der Waals surface area contributed by atoms with Gasteiger partial charge in [-0.3, -0.25) is 9.79 Å². The van der Waals surface area contributed by atoms with Gasteiger partial charge in [0.15, 0.2) is 5.96 Å². The van der Waals surface area contributed by atoms with Crippen molar-refractivity contribution in [3.8, 4) is 0 Å². The van der Waals surface area contributed by atoms with Crippen LogP contribution in [0.3, 0.4) is 0 Å². The number of carbonyl (C=O) groups is 2. The van der Waals surface area contributed by atoms with Crippen LogP contribution >= 0.6 is 0 Å². The third-order valence-corrected chi connectivity index (χ3v) is 8.54. The van der Waals surface area contributed by atoms with E-state index in [0.717, 1.165) is 18.4 Å². The fourth-order valence-corrected chi connectivity index (χ4v) is 6.37. The highest BCUT2D eigenvalue weighted by Crippen LogP contribution is 2.32. The van der Waals surface area contributed by atoms with Crippen LogP contribution in [-0.2, 0) is 26.0 Å². The number of nitrogens with two attached hydrogens (primary N) is 2. The quantitative estimate of drug-likeness (QED) is 0.172. The van der Waals surface area contributed by atoms with Crippen LogP contribution < -0.4 is 21.5 Å². The van der Waals surface area contributed by atoms with Crippen LogP contribution in [0.4, 0.5) is 5.69 Å². The van der Waals surface area contributed by atoms with E-state index >= 15 is 0 Å². The van der Waals surface area contributed by atoms with E-state index in [1.165, 1.54) is 11.0 Å². The van der Waals surface area contributed by atoms with Gasteiger partial charge in [-0.05, 0) is 55.6 Å². The molecule has 2 aliphatic heterocycles. The summed E-state index contributed by atoms with van der Waals surface area (Å²) in [5.41, 5.74) is 12.2. The Morgan fingerprint density at radius 1 is 1.33 bits per heavy atom. The summed E-state index contributed by atoms with van der Waals surface area (Å²) in [4.78, 5) is 30.8. The first-order valence-electron chi connectivity index (χ1n) is 12.5. The van der Waals surface area contributed by atoms with E-state index in [1.54, 1.807) is 6.07 Å². The number of anilines is 1. The predicted octanol–water partition coefficient (Wildman–Crippen LogP) is 1.09. The largest absolute Gasteiger partial charge is 0.480 e. The number of carboxylic acids is 1. The van der Waals surface area contributed by atoms with Gasteiger partial charge in [0.2, 0.25) is 15.9 Å². The van der Waals surface area contributed by atoms with Gasteiger partial charge in [0.05, 0.1) is 5.69 Å². The monoisotopic (exact) mass is 522 g/mol. The molecule has 11 nitrogen and oxygen atoms in total. The van der Waals surface area contributed by atoms with Crippen molar-refractivity contribution in [1.29, 1.82) is 0 Å². The topological polar surface area (TPSA) is 180 Å². The number of hydrogen-bond acceptors (Lipinski definition) is 6. The summed E-state index contributed by atoms with van der Waals surface area (Å²) >= 11 is 0. The Balaban J connectivity index is 1.88. The van der Waals surface area contributed by atoms with Crippen LogP contribution in [-0.4, -0.2) is 68.0 Å². The molecule has 1 fully saturated rings.